The number of aryl methyl sites for hydroxylation is 1. The lowest BCUT2D eigenvalue weighted by Gasteiger charge is -2.21. The second-order valence-corrected chi connectivity index (χ2v) is 5.46. The van der Waals surface area contributed by atoms with Crippen molar-refractivity contribution in [2.75, 3.05) is 38.1 Å². The van der Waals surface area contributed by atoms with Crippen LogP contribution in [0.2, 0.25) is 0 Å². The molecule has 0 N–H and O–H groups in total. The molecule has 2 aliphatic rings. The maximum Gasteiger partial charge on any atom is 0.187 e. The van der Waals surface area contributed by atoms with E-state index in [-0.39, 0.29) is 5.82 Å². The summed E-state index contributed by atoms with van der Waals surface area (Å²) in [5.74, 6) is 1.59. The number of aromatic nitrogens is 2. The van der Waals surface area contributed by atoms with Gasteiger partial charge in [0.1, 0.15) is 6.33 Å². The highest BCUT2D eigenvalue weighted by Crippen LogP contribution is 2.33. The van der Waals surface area contributed by atoms with E-state index in [1.54, 1.807) is 0 Å². The van der Waals surface area contributed by atoms with Gasteiger partial charge in [0, 0.05) is 26.2 Å². The average molecular weight is 250 g/mol. The lowest BCUT2D eigenvalue weighted by atomic mass is 10.0. The van der Waals surface area contributed by atoms with Gasteiger partial charge in [0.2, 0.25) is 0 Å². The van der Waals surface area contributed by atoms with Gasteiger partial charge in [-0.1, -0.05) is 6.92 Å². The first kappa shape index (κ1) is 11.8. The molecule has 1 aromatic rings. The fourth-order valence-corrected chi connectivity index (χ4v) is 3.26. The molecule has 2 fully saturated rings. The monoisotopic (exact) mass is 250 g/mol. The first-order valence-corrected chi connectivity index (χ1v) is 6.62. The summed E-state index contributed by atoms with van der Waals surface area (Å²) in [6.07, 6.45) is 2.10. The molecule has 2 saturated heterocycles. The third-order valence-electron chi connectivity index (χ3n) is 4.15. The van der Waals surface area contributed by atoms with E-state index in [0.29, 0.717) is 29.8 Å². The summed E-state index contributed by atoms with van der Waals surface area (Å²) in [7, 11) is 2.16. The molecule has 5 heteroatoms. The number of halogens is 1. The number of likely N-dealkylation sites (tertiary alicyclic amines) is 1. The molecule has 0 aromatic carbocycles. The molecule has 0 spiro atoms. The predicted octanol–water partition coefficient (Wildman–Crippen LogP) is 1.18. The van der Waals surface area contributed by atoms with Crippen LogP contribution in [0, 0.1) is 17.7 Å². The zero-order valence-electron chi connectivity index (χ0n) is 10.9. The van der Waals surface area contributed by atoms with Crippen LogP contribution in [-0.4, -0.2) is 48.1 Å². The molecule has 2 unspecified atom stereocenters. The third-order valence-corrected chi connectivity index (χ3v) is 4.15. The first-order valence-electron chi connectivity index (χ1n) is 6.62. The minimum atomic E-state index is -0.228. The summed E-state index contributed by atoms with van der Waals surface area (Å²) in [5.41, 5.74) is 0.522. The van der Waals surface area contributed by atoms with Gasteiger partial charge in [0.25, 0.3) is 0 Å². The van der Waals surface area contributed by atoms with Crippen molar-refractivity contribution >= 4 is 5.82 Å². The first-order chi connectivity index (χ1) is 8.69. The van der Waals surface area contributed by atoms with Crippen LogP contribution in [0.1, 0.15) is 12.6 Å². The van der Waals surface area contributed by atoms with Crippen molar-refractivity contribution in [1.29, 1.82) is 0 Å². The fraction of sp³-hybridized carbons (Fsp3) is 0.692. The van der Waals surface area contributed by atoms with Crippen molar-refractivity contribution < 1.29 is 4.39 Å². The Hall–Kier alpha value is -1.23. The van der Waals surface area contributed by atoms with Crippen LogP contribution in [0.4, 0.5) is 10.2 Å². The molecular weight excluding hydrogens is 231 g/mol. The second-order valence-electron chi connectivity index (χ2n) is 5.46. The molecule has 18 heavy (non-hydrogen) atoms. The van der Waals surface area contributed by atoms with E-state index < -0.39 is 0 Å². The Balaban J connectivity index is 1.81. The van der Waals surface area contributed by atoms with E-state index in [1.807, 2.05) is 6.92 Å². The third kappa shape index (κ3) is 1.86. The molecule has 4 nitrogen and oxygen atoms in total. The molecule has 2 atom stereocenters. The summed E-state index contributed by atoms with van der Waals surface area (Å²) in [4.78, 5) is 12.6. The van der Waals surface area contributed by atoms with Crippen LogP contribution < -0.4 is 4.90 Å². The van der Waals surface area contributed by atoms with Gasteiger partial charge in [-0.3, -0.25) is 0 Å². The number of fused-ring (bicyclic) bond motifs is 1. The van der Waals surface area contributed by atoms with Crippen molar-refractivity contribution in [2.24, 2.45) is 11.8 Å². The van der Waals surface area contributed by atoms with Crippen molar-refractivity contribution in [3.8, 4) is 0 Å². The van der Waals surface area contributed by atoms with Crippen LogP contribution in [0.5, 0.6) is 0 Å². The van der Waals surface area contributed by atoms with E-state index in [2.05, 4.69) is 26.8 Å². The van der Waals surface area contributed by atoms with Crippen LogP contribution >= 0.6 is 0 Å². The van der Waals surface area contributed by atoms with Gasteiger partial charge in [-0.2, -0.15) is 0 Å². The van der Waals surface area contributed by atoms with Crippen molar-refractivity contribution in [1.82, 2.24) is 14.9 Å². The summed E-state index contributed by atoms with van der Waals surface area (Å²) >= 11 is 0. The minimum absolute atomic E-state index is 0.228. The van der Waals surface area contributed by atoms with Gasteiger partial charge in [-0.15, -0.1) is 0 Å². The minimum Gasteiger partial charge on any atom is -0.353 e. The maximum absolute atomic E-state index is 14.2. The Morgan fingerprint density at radius 1 is 1.22 bits per heavy atom. The van der Waals surface area contributed by atoms with Gasteiger partial charge in [-0.25, -0.2) is 14.4 Å². The van der Waals surface area contributed by atoms with E-state index in [0.717, 1.165) is 26.2 Å². The van der Waals surface area contributed by atoms with Gasteiger partial charge >= 0.3 is 0 Å². The highest BCUT2D eigenvalue weighted by Gasteiger charge is 2.39. The number of rotatable bonds is 2. The second kappa shape index (κ2) is 4.46. The number of hydrogen-bond acceptors (Lipinski definition) is 4. The normalized spacial score (nSPS) is 27.8. The standard InChI is InChI=1S/C13H19FN4/c1-3-11-12(14)13(16-8-15-11)18-6-9-4-17(2)5-10(9)7-18/h8-10H,3-7H2,1-2H3. The van der Waals surface area contributed by atoms with Crippen LogP contribution in [0.15, 0.2) is 6.33 Å². The number of anilines is 1. The van der Waals surface area contributed by atoms with Gasteiger partial charge in [-0.05, 0) is 25.3 Å². The molecule has 0 bridgehead atoms. The fourth-order valence-electron chi connectivity index (χ4n) is 3.26. The molecule has 0 saturated carbocycles. The lowest BCUT2D eigenvalue weighted by Crippen LogP contribution is -2.28. The molecule has 0 radical (unpaired) electrons. The Morgan fingerprint density at radius 3 is 2.50 bits per heavy atom. The zero-order chi connectivity index (χ0) is 12.7. The van der Waals surface area contributed by atoms with E-state index in [1.165, 1.54) is 6.33 Å². The Morgan fingerprint density at radius 2 is 1.89 bits per heavy atom. The molecule has 2 aliphatic heterocycles. The maximum atomic E-state index is 14.2. The predicted molar refractivity (Wildman–Crippen MR) is 68.1 cm³/mol. The topological polar surface area (TPSA) is 32.3 Å². The highest BCUT2D eigenvalue weighted by atomic mass is 19.1. The van der Waals surface area contributed by atoms with Gasteiger partial charge < -0.3 is 9.80 Å². The van der Waals surface area contributed by atoms with E-state index in [4.69, 9.17) is 0 Å². The average Bonchev–Trinajstić information content (AvgIpc) is 2.86. The number of nitrogens with zero attached hydrogens (tertiary/aromatic N) is 4. The van der Waals surface area contributed by atoms with Gasteiger partial charge in [0.15, 0.2) is 11.6 Å². The van der Waals surface area contributed by atoms with Crippen molar-refractivity contribution in [3.63, 3.8) is 0 Å². The van der Waals surface area contributed by atoms with Crippen LogP contribution in [0.3, 0.4) is 0 Å². The zero-order valence-corrected chi connectivity index (χ0v) is 10.9. The molecule has 3 rings (SSSR count). The lowest BCUT2D eigenvalue weighted by molar-refractivity contribution is 0.386. The van der Waals surface area contributed by atoms with Crippen LogP contribution in [-0.2, 0) is 6.42 Å². The van der Waals surface area contributed by atoms with Crippen LogP contribution in [0.25, 0.3) is 0 Å². The molecule has 1 aromatic heterocycles. The summed E-state index contributed by atoms with van der Waals surface area (Å²) in [6, 6.07) is 0. The molecule has 0 aliphatic carbocycles. The summed E-state index contributed by atoms with van der Waals surface area (Å²) in [5, 5.41) is 0. The smallest absolute Gasteiger partial charge is 0.187 e. The van der Waals surface area contributed by atoms with E-state index >= 15 is 0 Å². The number of hydrogen-bond donors (Lipinski definition) is 0. The summed E-state index contributed by atoms with van der Waals surface area (Å²) < 4.78 is 14.2. The molecule has 3 heterocycles. The summed E-state index contributed by atoms with van der Waals surface area (Å²) in [6.45, 7) is 6.00. The Bertz CT molecular complexity index is 437. The molecular formula is C13H19FN4. The largest absolute Gasteiger partial charge is 0.353 e. The highest BCUT2D eigenvalue weighted by molar-refractivity contribution is 5.43. The Kier molecular flexibility index (Phi) is 2.93. The SMILES string of the molecule is CCc1ncnc(N2CC3CN(C)CC3C2)c1F. The van der Waals surface area contributed by atoms with Gasteiger partial charge in [0.05, 0.1) is 5.69 Å². The van der Waals surface area contributed by atoms with E-state index in [9.17, 15) is 4.39 Å². The molecule has 0 amide bonds. The quantitative estimate of drug-likeness (QED) is 0.789. The molecule has 98 valence electrons. The van der Waals surface area contributed by atoms with Crippen molar-refractivity contribution in [3.05, 3.63) is 17.8 Å². The van der Waals surface area contributed by atoms with Crippen molar-refractivity contribution in [2.45, 2.75) is 13.3 Å². The Labute approximate surface area is 107 Å².